The quantitative estimate of drug-likeness (QED) is 0.748. The van der Waals surface area contributed by atoms with Gasteiger partial charge in [0, 0.05) is 18.3 Å². The van der Waals surface area contributed by atoms with E-state index in [-0.39, 0.29) is 0 Å². The summed E-state index contributed by atoms with van der Waals surface area (Å²) in [5.41, 5.74) is 1.17. The van der Waals surface area contributed by atoms with E-state index in [0.717, 1.165) is 18.7 Å². The first kappa shape index (κ1) is 8.10. The Balaban J connectivity index is 2.00. The van der Waals surface area contributed by atoms with Gasteiger partial charge in [-0.25, -0.2) is 0 Å². The van der Waals surface area contributed by atoms with E-state index in [1.807, 2.05) is 18.2 Å². The van der Waals surface area contributed by atoms with Gasteiger partial charge >= 0.3 is 0 Å². The van der Waals surface area contributed by atoms with Crippen LogP contribution in [-0.2, 0) is 0 Å². The first-order valence-electron chi connectivity index (χ1n) is 4.48. The van der Waals surface area contributed by atoms with E-state index in [1.165, 1.54) is 12.1 Å². The molecule has 1 aromatic heterocycles. The summed E-state index contributed by atoms with van der Waals surface area (Å²) in [6, 6.07) is 1.83. The van der Waals surface area contributed by atoms with Gasteiger partial charge in [0.1, 0.15) is 0 Å². The first-order chi connectivity index (χ1) is 6.45. The summed E-state index contributed by atoms with van der Waals surface area (Å²) in [6.45, 7) is 1.06. The van der Waals surface area contributed by atoms with E-state index in [9.17, 15) is 0 Å². The fourth-order valence-electron chi connectivity index (χ4n) is 1.27. The van der Waals surface area contributed by atoms with Crippen molar-refractivity contribution in [2.75, 3.05) is 6.54 Å². The highest BCUT2D eigenvalue weighted by atomic mass is 16.5. The van der Waals surface area contributed by atoms with Crippen LogP contribution in [0.2, 0.25) is 0 Å². The van der Waals surface area contributed by atoms with Crippen LogP contribution in [0, 0.1) is 0 Å². The summed E-state index contributed by atoms with van der Waals surface area (Å²) >= 11 is 0. The van der Waals surface area contributed by atoms with Gasteiger partial charge < -0.3 is 9.84 Å². The maximum absolute atomic E-state index is 4.93. The average molecular weight is 176 g/mol. The fourth-order valence-corrected chi connectivity index (χ4v) is 1.27. The lowest BCUT2D eigenvalue weighted by molar-refractivity contribution is 0.412. The molecule has 1 N–H and O–H groups in total. The second-order valence-corrected chi connectivity index (χ2v) is 2.98. The van der Waals surface area contributed by atoms with Gasteiger partial charge in [0.15, 0.2) is 5.76 Å². The molecule has 2 heterocycles. The summed E-state index contributed by atoms with van der Waals surface area (Å²) in [4.78, 5) is 0. The molecule has 1 aliphatic heterocycles. The summed E-state index contributed by atoms with van der Waals surface area (Å²) in [6.07, 6.45) is 10.1. The van der Waals surface area contributed by atoms with Crippen molar-refractivity contribution in [3.63, 3.8) is 0 Å². The van der Waals surface area contributed by atoms with E-state index in [4.69, 9.17) is 4.52 Å². The number of rotatable bonds is 2. The first-order valence-corrected chi connectivity index (χ1v) is 4.48. The molecule has 3 nitrogen and oxygen atoms in total. The van der Waals surface area contributed by atoms with Crippen LogP contribution in [0.5, 0.6) is 0 Å². The van der Waals surface area contributed by atoms with Gasteiger partial charge in [0.2, 0.25) is 0 Å². The minimum atomic E-state index is 0.785. The Morgan fingerprint density at radius 1 is 1.46 bits per heavy atom. The number of aromatic nitrogens is 1. The standard InChI is InChI=1S/C10H12N2O/c1-2-7-11-9(3-1)4-5-10-6-8-12-13-10/h3-6,8,11H,1-2,7H2. The molecule has 3 heteroatoms. The van der Waals surface area contributed by atoms with Crippen LogP contribution in [0.1, 0.15) is 18.6 Å². The second-order valence-electron chi connectivity index (χ2n) is 2.98. The molecule has 0 aromatic carbocycles. The van der Waals surface area contributed by atoms with Crippen LogP contribution in [0.25, 0.3) is 6.08 Å². The van der Waals surface area contributed by atoms with Gasteiger partial charge in [-0.2, -0.15) is 0 Å². The van der Waals surface area contributed by atoms with Gasteiger partial charge in [-0.05, 0) is 25.0 Å². The largest absolute Gasteiger partial charge is 0.385 e. The Bertz CT molecular complexity index is 312. The average Bonchev–Trinajstić information content (AvgIpc) is 2.69. The summed E-state index contributed by atoms with van der Waals surface area (Å²) in [5, 5.41) is 6.91. The lowest BCUT2D eigenvalue weighted by atomic mass is 10.2. The molecule has 13 heavy (non-hydrogen) atoms. The second kappa shape index (κ2) is 3.94. The van der Waals surface area contributed by atoms with Crippen molar-refractivity contribution in [1.29, 1.82) is 0 Å². The van der Waals surface area contributed by atoms with Crippen molar-refractivity contribution in [3.8, 4) is 0 Å². The Hall–Kier alpha value is -1.51. The molecular weight excluding hydrogens is 164 g/mol. The zero-order valence-electron chi connectivity index (χ0n) is 7.36. The molecule has 0 atom stereocenters. The molecule has 0 amide bonds. The Morgan fingerprint density at radius 2 is 2.46 bits per heavy atom. The minimum Gasteiger partial charge on any atom is -0.385 e. The van der Waals surface area contributed by atoms with E-state index in [0.29, 0.717) is 0 Å². The molecular formula is C10H12N2O. The third-order valence-corrected chi connectivity index (χ3v) is 1.96. The fraction of sp³-hybridized carbons (Fsp3) is 0.300. The molecule has 0 unspecified atom stereocenters. The molecule has 0 aliphatic carbocycles. The highest BCUT2D eigenvalue weighted by Gasteiger charge is 1.98. The number of hydrogen-bond acceptors (Lipinski definition) is 3. The van der Waals surface area contributed by atoms with E-state index < -0.39 is 0 Å². The molecule has 0 radical (unpaired) electrons. The predicted octanol–water partition coefficient (Wildman–Crippen LogP) is 1.96. The molecule has 0 spiro atoms. The Morgan fingerprint density at radius 3 is 3.15 bits per heavy atom. The summed E-state index contributed by atoms with van der Waals surface area (Å²) in [7, 11) is 0. The van der Waals surface area contributed by atoms with Crippen molar-refractivity contribution in [1.82, 2.24) is 10.5 Å². The van der Waals surface area contributed by atoms with Crippen molar-refractivity contribution in [2.45, 2.75) is 12.8 Å². The molecule has 2 rings (SSSR count). The van der Waals surface area contributed by atoms with Crippen LogP contribution in [0.4, 0.5) is 0 Å². The van der Waals surface area contributed by atoms with Crippen molar-refractivity contribution < 1.29 is 4.52 Å². The van der Waals surface area contributed by atoms with Crippen molar-refractivity contribution >= 4 is 6.08 Å². The van der Waals surface area contributed by atoms with Crippen LogP contribution in [0.3, 0.4) is 0 Å². The zero-order valence-corrected chi connectivity index (χ0v) is 7.36. The number of nitrogens with one attached hydrogen (secondary N) is 1. The van der Waals surface area contributed by atoms with Gasteiger partial charge in [0.05, 0.1) is 6.20 Å². The lowest BCUT2D eigenvalue weighted by Gasteiger charge is -2.11. The zero-order chi connectivity index (χ0) is 8.93. The highest BCUT2D eigenvalue weighted by molar-refractivity contribution is 5.46. The monoisotopic (exact) mass is 176 g/mol. The van der Waals surface area contributed by atoms with Crippen LogP contribution in [0.15, 0.2) is 34.6 Å². The highest BCUT2D eigenvalue weighted by Crippen LogP contribution is 2.07. The topological polar surface area (TPSA) is 38.1 Å². The van der Waals surface area contributed by atoms with E-state index in [1.54, 1.807) is 6.20 Å². The SMILES string of the molecule is C(=Cc1ccno1)C1=CCCCN1. The third-order valence-electron chi connectivity index (χ3n) is 1.96. The maximum atomic E-state index is 4.93. The molecule has 1 aromatic rings. The normalized spacial score (nSPS) is 17.1. The number of hydrogen-bond donors (Lipinski definition) is 1. The van der Waals surface area contributed by atoms with Crippen LogP contribution < -0.4 is 5.32 Å². The predicted molar refractivity (Wildman–Crippen MR) is 50.9 cm³/mol. The van der Waals surface area contributed by atoms with E-state index in [2.05, 4.69) is 16.5 Å². The molecule has 0 saturated heterocycles. The summed E-state index contributed by atoms with van der Waals surface area (Å²) < 4.78 is 4.93. The van der Waals surface area contributed by atoms with Gasteiger partial charge in [-0.1, -0.05) is 11.2 Å². The van der Waals surface area contributed by atoms with Crippen molar-refractivity contribution in [2.24, 2.45) is 0 Å². The minimum absolute atomic E-state index is 0.785. The molecule has 1 aliphatic rings. The Kier molecular flexibility index (Phi) is 2.45. The Labute approximate surface area is 77.1 Å². The van der Waals surface area contributed by atoms with Gasteiger partial charge in [0.25, 0.3) is 0 Å². The smallest absolute Gasteiger partial charge is 0.159 e. The van der Waals surface area contributed by atoms with Crippen LogP contribution >= 0.6 is 0 Å². The lowest BCUT2D eigenvalue weighted by Crippen LogP contribution is -2.16. The third kappa shape index (κ3) is 2.21. The van der Waals surface area contributed by atoms with E-state index >= 15 is 0 Å². The number of nitrogens with zero attached hydrogens (tertiary/aromatic N) is 1. The maximum Gasteiger partial charge on any atom is 0.159 e. The summed E-state index contributed by atoms with van der Waals surface area (Å²) in [5.74, 6) is 0.785. The number of allylic oxidation sites excluding steroid dienone is 2. The van der Waals surface area contributed by atoms with Crippen molar-refractivity contribution in [3.05, 3.63) is 35.9 Å². The molecule has 0 bridgehead atoms. The molecule has 0 fully saturated rings. The molecule has 0 saturated carbocycles. The van der Waals surface area contributed by atoms with Gasteiger partial charge in [-0.3, -0.25) is 0 Å². The molecule has 68 valence electrons. The van der Waals surface area contributed by atoms with Crippen LogP contribution in [-0.4, -0.2) is 11.7 Å². The van der Waals surface area contributed by atoms with Gasteiger partial charge in [-0.15, -0.1) is 0 Å².